The van der Waals surface area contributed by atoms with Gasteiger partial charge in [0.05, 0.1) is 23.2 Å². The molecule has 3 fully saturated rings. The van der Waals surface area contributed by atoms with E-state index in [2.05, 4.69) is 27.0 Å². The lowest BCUT2D eigenvalue weighted by molar-refractivity contribution is -0.155. The molecule has 0 radical (unpaired) electrons. The largest absolute Gasteiger partial charge is 0.465 e. The van der Waals surface area contributed by atoms with Crippen molar-refractivity contribution < 1.29 is 24.2 Å². The van der Waals surface area contributed by atoms with Gasteiger partial charge in [0.25, 0.3) is 0 Å². The smallest absolute Gasteiger partial charge is 0.311 e. The van der Waals surface area contributed by atoms with Crippen LogP contribution >= 0.6 is 11.8 Å². The van der Waals surface area contributed by atoms with E-state index in [1.165, 1.54) is 0 Å². The van der Waals surface area contributed by atoms with Crippen molar-refractivity contribution in [1.29, 1.82) is 0 Å². The van der Waals surface area contributed by atoms with Crippen LogP contribution in [-0.2, 0) is 19.1 Å². The number of carbonyl (C=O) groups excluding carboxylic acids is 3. The molecule has 7 nitrogen and oxygen atoms in total. The zero-order valence-corrected chi connectivity index (χ0v) is 22.9. The molecule has 3 saturated heterocycles. The molecular weight excluding hydrogens is 476 g/mol. The average Bonchev–Trinajstić information content (AvgIpc) is 3.42. The highest BCUT2D eigenvalue weighted by Gasteiger charge is 2.77. The van der Waals surface area contributed by atoms with E-state index in [0.29, 0.717) is 45.5 Å². The van der Waals surface area contributed by atoms with Gasteiger partial charge in [-0.15, -0.1) is 24.9 Å². The third kappa shape index (κ3) is 5.40. The minimum absolute atomic E-state index is 0.0393. The molecular formula is C28H44N2O5S. The Hall–Kier alpha value is -1.80. The quantitative estimate of drug-likeness (QED) is 0.188. The number of aliphatic hydroxyl groups excluding tert-OH is 1. The van der Waals surface area contributed by atoms with Gasteiger partial charge < -0.3 is 19.6 Å². The second-order valence-corrected chi connectivity index (χ2v) is 12.5. The molecule has 2 unspecified atom stereocenters. The van der Waals surface area contributed by atoms with Crippen LogP contribution in [0.5, 0.6) is 0 Å². The first-order valence-corrected chi connectivity index (χ1v) is 14.4. The zero-order chi connectivity index (χ0) is 26.3. The molecule has 0 saturated carbocycles. The third-order valence-corrected chi connectivity index (χ3v) is 10.0. The highest BCUT2D eigenvalue weighted by molar-refractivity contribution is 8.02. The molecule has 8 heteroatoms. The summed E-state index contributed by atoms with van der Waals surface area (Å²) >= 11 is 1.68. The number of likely N-dealkylation sites (tertiary alicyclic amines) is 1. The summed E-state index contributed by atoms with van der Waals surface area (Å²) in [5, 5.41) is 9.33. The Morgan fingerprint density at radius 1 is 1.19 bits per heavy atom. The number of rotatable bonds is 16. The van der Waals surface area contributed by atoms with Gasteiger partial charge in [0.15, 0.2) is 0 Å². The minimum Gasteiger partial charge on any atom is -0.465 e. The molecule has 1 spiro atoms. The number of ether oxygens (including phenoxy) is 1. The van der Waals surface area contributed by atoms with Gasteiger partial charge in [-0.1, -0.05) is 31.9 Å². The van der Waals surface area contributed by atoms with E-state index in [-0.39, 0.29) is 24.4 Å². The Morgan fingerprint density at radius 2 is 1.97 bits per heavy atom. The molecule has 3 rings (SSSR count). The molecule has 0 aromatic heterocycles. The number of allylic oxidation sites excluding steroid dienone is 1. The number of amides is 2. The molecule has 5 atom stereocenters. The third-order valence-electron chi connectivity index (χ3n) is 8.06. The van der Waals surface area contributed by atoms with E-state index in [0.717, 1.165) is 38.5 Å². The van der Waals surface area contributed by atoms with Gasteiger partial charge in [-0.3, -0.25) is 14.4 Å². The zero-order valence-electron chi connectivity index (χ0n) is 22.1. The summed E-state index contributed by atoms with van der Waals surface area (Å²) in [4.78, 5) is 45.1. The molecule has 1 N–H and O–H groups in total. The fourth-order valence-corrected chi connectivity index (χ4v) is 8.70. The number of unbranched alkanes of at least 4 members (excludes halogenated alkanes) is 4. The van der Waals surface area contributed by atoms with Gasteiger partial charge in [0.1, 0.15) is 6.04 Å². The standard InChI is InChI=1S/C28H44N2O5S/c1-5-8-10-17-29(16-7-3)25(33)23-28-15-14-27(4,36-28)22(26(34)35-20-13-9-6-2)21(28)24(32)30(23)18-11-12-19-31/h6-7,21-23,31H,2-3,5,8-20H2,1,4H3/t21-,22-,23?,27+,28?/m0/s1. The summed E-state index contributed by atoms with van der Waals surface area (Å²) in [6.07, 6.45) is 10.7. The van der Waals surface area contributed by atoms with Crippen LogP contribution in [0.4, 0.5) is 0 Å². The Labute approximate surface area is 220 Å². The summed E-state index contributed by atoms with van der Waals surface area (Å²) in [6.45, 7) is 13.6. The summed E-state index contributed by atoms with van der Waals surface area (Å²) in [5.41, 5.74) is 0. The Bertz CT molecular complexity index is 835. The van der Waals surface area contributed by atoms with Crippen molar-refractivity contribution in [2.45, 2.75) is 87.2 Å². The van der Waals surface area contributed by atoms with Crippen LogP contribution in [0, 0.1) is 11.8 Å². The SMILES string of the molecule is C=CCCCOC(=O)[C@@H]1[C@H]2C(=O)N(CCCCO)C(C(=O)N(CC=C)CCCCC)C23CC[C@@]1(C)S3. The lowest BCUT2D eigenvalue weighted by Gasteiger charge is -2.37. The number of nitrogens with zero attached hydrogens (tertiary/aromatic N) is 2. The van der Waals surface area contributed by atoms with Gasteiger partial charge in [-0.05, 0) is 51.9 Å². The van der Waals surface area contributed by atoms with Gasteiger partial charge >= 0.3 is 5.97 Å². The van der Waals surface area contributed by atoms with Crippen molar-refractivity contribution in [1.82, 2.24) is 9.80 Å². The number of hydrogen-bond donors (Lipinski definition) is 1. The molecule has 3 aliphatic rings. The normalized spacial score (nSPS) is 30.4. The monoisotopic (exact) mass is 520 g/mol. The van der Waals surface area contributed by atoms with E-state index in [9.17, 15) is 19.5 Å². The van der Waals surface area contributed by atoms with Crippen molar-refractivity contribution in [2.24, 2.45) is 11.8 Å². The predicted molar refractivity (Wildman–Crippen MR) is 143 cm³/mol. The average molecular weight is 521 g/mol. The van der Waals surface area contributed by atoms with E-state index < -0.39 is 27.4 Å². The first-order valence-electron chi connectivity index (χ1n) is 13.6. The molecule has 0 aliphatic carbocycles. The number of thioether (sulfide) groups is 1. The van der Waals surface area contributed by atoms with E-state index in [1.54, 1.807) is 28.8 Å². The molecule has 0 aromatic rings. The van der Waals surface area contributed by atoms with Crippen molar-refractivity contribution >= 4 is 29.5 Å². The number of hydrogen-bond acceptors (Lipinski definition) is 6. The number of aliphatic hydroxyl groups is 1. The molecule has 2 bridgehead atoms. The fraction of sp³-hybridized carbons (Fsp3) is 0.750. The molecule has 0 aromatic carbocycles. The summed E-state index contributed by atoms with van der Waals surface area (Å²) in [6, 6.07) is -0.610. The topological polar surface area (TPSA) is 87.1 Å². The van der Waals surface area contributed by atoms with Crippen LogP contribution in [0.15, 0.2) is 25.3 Å². The van der Waals surface area contributed by atoms with Crippen LogP contribution in [0.3, 0.4) is 0 Å². The van der Waals surface area contributed by atoms with E-state index in [4.69, 9.17) is 4.74 Å². The van der Waals surface area contributed by atoms with Crippen LogP contribution < -0.4 is 0 Å². The molecule has 3 aliphatic heterocycles. The van der Waals surface area contributed by atoms with Gasteiger partial charge in [0, 0.05) is 31.0 Å². The predicted octanol–water partition coefficient (Wildman–Crippen LogP) is 3.95. The highest BCUT2D eigenvalue weighted by Crippen LogP contribution is 2.71. The maximum absolute atomic E-state index is 14.2. The number of esters is 1. The second kappa shape index (κ2) is 12.6. The lowest BCUT2D eigenvalue weighted by Crippen LogP contribution is -2.55. The molecule has 202 valence electrons. The Kier molecular flexibility index (Phi) is 10.1. The maximum Gasteiger partial charge on any atom is 0.311 e. The molecule has 3 heterocycles. The van der Waals surface area contributed by atoms with Gasteiger partial charge in [0.2, 0.25) is 11.8 Å². The van der Waals surface area contributed by atoms with E-state index in [1.807, 2.05) is 4.90 Å². The van der Waals surface area contributed by atoms with Crippen LogP contribution in [0.25, 0.3) is 0 Å². The van der Waals surface area contributed by atoms with Crippen molar-refractivity contribution in [3.8, 4) is 0 Å². The summed E-state index contributed by atoms with van der Waals surface area (Å²) in [5.74, 6) is -1.58. The molecule has 2 amide bonds. The Morgan fingerprint density at radius 3 is 2.64 bits per heavy atom. The summed E-state index contributed by atoms with van der Waals surface area (Å²) in [7, 11) is 0. The van der Waals surface area contributed by atoms with Crippen LogP contribution in [0.1, 0.15) is 71.6 Å². The van der Waals surface area contributed by atoms with Crippen molar-refractivity contribution in [3.05, 3.63) is 25.3 Å². The lowest BCUT2D eigenvalue weighted by atomic mass is 9.66. The molecule has 36 heavy (non-hydrogen) atoms. The van der Waals surface area contributed by atoms with Crippen molar-refractivity contribution in [2.75, 3.05) is 32.8 Å². The number of carbonyl (C=O) groups is 3. The second-order valence-electron chi connectivity index (χ2n) is 10.6. The highest BCUT2D eigenvalue weighted by atomic mass is 32.2. The van der Waals surface area contributed by atoms with Gasteiger partial charge in [-0.2, -0.15) is 0 Å². The van der Waals surface area contributed by atoms with Crippen molar-refractivity contribution in [3.63, 3.8) is 0 Å². The fourth-order valence-electron chi connectivity index (χ4n) is 6.36. The van der Waals surface area contributed by atoms with Gasteiger partial charge in [-0.25, -0.2) is 0 Å². The first kappa shape index (κ1) is 28.8. The maximum atomic E-state index is 14.2. The van der Waals surface area contributed by atoms with Crippen LogP contribution in [-0.4, -0.2) is 81.1 Å². The first-order chi connectivity index (χ1) is 17.3. The summed E-state index contributed by atoms with van der Waals surface area (Å²) < 4.78 is 4.62. The van der Waals surface area contributed by atoms with E-state index >= 15 is 0 Å². The minimum atomic E-state index is -0.628. The number of fused-ring (bicyclic) bond motifs is 1. The Balaban J connectivity index is 1.93. The van der Waals surface area contributed by atoms with Crippen LogP contribution in [0.2, 0.25) is 0 Å².